The van der Waals surface area contributed by atoms with Gasteiger partial charge in [-0.15, -0.1) is 0 Å². The van der Waals surface area contributed by atoms with Gasteiger partial charge in [-0.25, -0.2) is 0 Å². The Balaban J connectivity index is 1.82. The topological polar surface area (TPSA) is 98.0 Å². The van der Waals surface area contributed by atoms with E-state index in [1.807, 2.05) is 0 Å². The lowest BCUT2D eigenvalue weighted by atomic mass is 10.1. The second kappa shape index (κ2) is 12.9. The summed E-state index contributed by atoms with van der Waals surface area (Å²) in [6.45, 7) is 0. The zero-order valence-electron chi connectivity index (χ0n) is 22.4. The van der Waals surface area contributed by atoms with Crippen molar-refractivity contribution in [3.8, 4) is 23.0 Å². The van der Waals surface area contributed by atoms with Gasteiger partial charge in [-0.2, -0.15) is 26.3 Å². The lowest BCUT2D eigenvalue weighted by Crippen LogP contribution is -2.13. The first kappa shape index (κ1) is 32.2. The monoisotopic (exact) mass is 634 g/mol. The minimum atomic E-state index is -4.63. The molecule has 0 spiro atoms. The van der Waals surface area contributed by atoms with Crippen molar-refractivity contribution in [2.45, 2.75) is 22.9 Å². The first-order valence-corrected chi connectivity index (χ1v) is 14.0. The van der Waals surface area contributed by atoms with E-state index in [-0.39, 0.29) is 11.1 Å². The van der Waals surface area contributed by atoms with Gasteiger partial charge in [0.2, 0.25) is 0 Å². The van der Waals surface area contributed by atoms with Crippen LogP contribution in [0.2, 0.25) is 0 Å². The van der Waals surface area contributed by atoms with Crippen LogP contribution in [0.25, 0.3) is 12.2 Å². The third kappa shape index (κ3) is 7.81. The van der Waals surface area contributed by atoms with E-state index in [0.717, 1.165) is 48.5 Å². The van der Waals surface area contributed by atoms with Crippen LogP contribution in [-0.2, 0) is 23.2 Å². The van der Waals surface area contributed by atoms with Crippen LogP contribution >= 0.6 is 0 Å². The molecular weight excluding hydrogens is 610 g/mol. The molecule has 0 saturated heterocycles. The molecule has 0 aliphatic rings. The minimum Gasteiger partial charge on any atom is -0.504 e. The second-order valence-corrected chi connectivity index (χ2v) is 11.3. The van der Waals surface area contributed by atoms with Crippen LogP contribution in [-0.4, -0.2) is 24.6 Å². The van der Waals surface area contributed by atoms with Crippen molar-refractivity contribution in [2.24, 2.45) is 0 Å². The smallest absolute Gasteiger partial charge is 0.416 e. The standard InChI is InChI=1S/C32H24F6O5S/c33-31(34,35)23-9-5-21(6-10-23)29(15-3-19-1-13-25(39)27(41)17-19)44(43)30(16-4-20-2-14-26(40)28(42)18-20)22-7-11-24(12-8-22)32(36,37)38/h1-18,29-30,39-42H/b15-3+,16-4+. The number of alkyl halides is 6. The summed E-state index contributed by atoms with van der Waals surface area (Å²) in [5.74, 6) is -1.67. The molecule has 4 rings (SSSR count). The summed E-state index contributed by atoms with van der Waals surface area (Å²) in [5.41, 5.74) is -0.772. The molecular formula is C32H24F6O5S. The molecule has 5 nitrogen and oxygen atoms in total. The maximum absolute atomic E-state index is 14.3. The average molecular weight is 635 g/mol. The summed E-state index contributed by atoms with van der Waals surface area (Å²) in [7, 11) is -2.08. The van der Waals surface area contributed by atoms with Gasteiger partial charge >= 0.3 is 12.4 Å². The zero-order valence-corrected chi connectivity index (χ0v) is 23.2. The van der Waals surface area contributed by atoms with Crippen LogP contribution in [0.15, 0.2) is 97.1 Å². The van der Waals surface area contributed by atoms with Gasteiger partial charge in [-0.3, -0.25) is 4.21 Å². The van der Waals surface area contributed by atoms with Crippen molar-refractivity contribution in [3.63, 3.8) is 0 Å². The first-order chi connectivity index (χ1) is 20.6. The van der Waals surface area contributed by atoms with E-state index < -0.39 is 67.8 Å². The van der Waals surface area contributed by atoms with Gasteiger partial charge in [-0.1, -0.05) is 60.7 Å². The molecule has 0 bridgehead atoms. The van der Waals surface area contributed by atoms with E-state index in [4.69, 9.17) is 0 Å². The summed E-state index contributed by atoms with van der Waals surface area (Å²) in [5, 5.41) is 36.7. The lowest BCUT2D eigenvalue weighted by molar-refractivity contribution is -0.138. The van der Waals surface area contributed by atoms with Crippen molar-refractivity contribution in [2.75, 3.05) is 0 Å². The fourth-order valence-corrected chi connectivity index (χ4v) is 5.85. The average Bonchev–Trinajstić information content (AvgIpc) is 2.96. The molecule has 0 saturated carbocycles. The van der Waals surface area contributed by atoms with Gasteiger partial charge in [-0.05, 0) is 70.8 Å². The van der Waals surface area contributed by atoms with Crippen LogP contribution in [0.3, 0.4) is 0 Å². The Morgan fingerprint density at radius 1 is 0.523 bits per heavy atom. The fraction of sp³-hybridized carbons (Fsp3) is 0.125. The van der Waals surface area contributed by atoms with Gasteiger partial charge < -0.3 is 20.4 Å². The number of phenolic OH excluding ortho intramolecular Hbond substituents is 4. The van der Waals surface area contributed by atoms with Gasteiger partial charge in [0.15, 0.2) is 23.0 Å². The van der Waals surface area contributed by atoms with Gasteiger partial charge in [0.05, 0.1) is 21.6 Å². The quantitative estimate of drug-likeness (QED) is 0.115. The van der Waals surface area contributed by atoms with Crippen LogP contribution < -0.4 is 0 Å². The molecule has 0 aliphatic heterocycles. The summed E-state index contributed by atoms with van der Waals surface area (Å²) < 4.78 is 93.8. The predicted molar refractivity (Wildman–Crippen MR) is 154 cm³/mol. The Labute approximate surface area is 250 Å². The second-order valence-electron chi connectivity index (χ2n) is 9.62. The Morgan fingerprint density at radius 3 is 1.16 bits per heavy atom. The summed E-state index contributed by atoms with van der Waals surface area (Å²) in [4.78, 5) is 0. The molecule has 4 aromatic rings. The van der Waals surface area contributed by atoms with E-state index in [0.29, 0.717) is 11.1 Å². The van der Waals surface area contributed by atoms with Crippen molar-refractivity contribution in [3.05, 3.63) is 130 Å². The Hall–Kier alpha value is -4.71. The molecule has 0 aliphatic carbocycles. The molecule has 2 atom stereocenters. The minimum absolute atomic E-state index is 0.197. The van der Waals surface area contributed by atoms with Crippen molar-refractivity contribution < 1.29 is 51.0 Å². The predicted octanol–water partition coefficient (Wildman–Crippen LogP) is 8.50. The Kier molecular flexibility index (Phi) is 9.43. The molecule has 230 valence electrons. The SMILES string of the molecule is O=S(C(/C=C/c1ccc(O)c(O)c1)c1ccc(C(F)(F)F)cc1)C(/C=C/c1ccc(O)c(O)c1)c1ccc(C(F)(F)F)cc1. The molecule has 12 heteroatoms. The number of rotatable bonds is 8. The van der Waals surface area contributed by atoms with Crippen LogP contribution in [0.5, 0.6) is 23.0 Å². The van der Waals surface area contributed by atoms with Crippen molar-refractivity contribution >= 4 is 23.0 Å². The number of phenols is 4. The lowest BCUT2D eigenvalue weighted by Gasteiger charge is -2.21. The highest BCUT2D eigenvalue weighted by atomic mass is 32.2. The third-order valence-electron chi connectivity index (χ3n) is 6.56. The van der Waals surface area contributed by atoms with E-state index in [1.165, 1.54) is 60.7 Å². The van der Waals surface area contributed by atoms with Crippen LogP contribution in [0.4, 0.5) is 26.3 Å². The molecule has 0 fully saturated rings. The van der Waals surface area contributed by atoms with Gasteiger partial charge in [0.1, 0.15) is 0 Å². The van der Waals surface area contributed by atoms with E-state index in [9.17, 15) is 51.0 Å². The number of halogens is 6. The van der Waals surface area contributed by atoms with E-state index in [2.05, 4.69) is 0 Å². The number of benzene rings is 4. The highest BCUT2D eigenvalue weighted by Crippen LogP contribution is 2.38. The maximum Gasteiger partial charge on any atom is 0.416 e. The number of hydrogen-bond acceptors (Lipinski definition) is 5. The normalized spacial score (nSPS) is 14.6. The molecule has 0 heterocycles. The summed E-state index contributed by atoms with van der Waals surface area (Å²) in [6, 6.07) is 15.6. The molecule has 0 radical (unpaired) electrons. The highest BCUT2D eigenvalue weighted by Gasteiger charge is 2.33. The molecule has 0 aromatic heterocycles. The maximum atomic E-state index is 14.3. The molecule has 2 unspecified atom stereocenters. The van der Waals surface area contributed by atoms with Crippen LogP contribution in [0.1, 0.15) is 43.9 Å². The molecule has 4 N–H and O–H groups in total. The first-order valence-electron chi connectivity index (χ1n) is 12.8. The third-order valence-corrected chi connectivity index (χ3v) is 8.42. The van der Waals surface area contributed by atoms with Crippen molar-refractivity contribution in [1.29, 1.82) is 0 Å². The number of hydrogen-bond donors (Lipinski definition) is 4. The molecule has 44 heavy (non-hydrogen) atoms. The summed E-state index contributed by atoms with van der Waals surface area (Å²) in [6.07, 6.45) is -3.55. The Morgan fingerprint density at radius 2 is 0.864 bits per heavy atom. The van der Waals surface area contributed by atoms with Gasteiger partial charge in [0.25, 0.3) is 0 Å². The van der Waals surface area contributed by atoms with Crippen molar-refractivity contribution in [1.82, 2.24) is 0 Å². The summed E-state index contributed by atoms with van der Waals surface area (Å²) >= 11 is 0. The Bertz CT molecular complexity index is 1570. The molecule has 4 aromatic carbocycles. The van der Waals surface area contributed by atoms with Crippen LogP contribution in [0, 0.1) is 0 Å². The van der Waals surface area contributed by atoms with E-state index in [1.54, 1.807) is 0 Å². The highest BCUT2D eigenvalue weighted by molar-refractivity contribution is 7.85. The van der Waals surface area contributed by atoms with Gasteiger partial charge in [0, 0.05) is 10.8 Å². The molecule has 0 amide bonds. The van der Waals surface area contributed by atoms with E-state index >= 15 is 0 Å². The fourth-order valence-electron chi connectivity index (χ4n) is 4.21. The zero-order chi connectivity index (χ0) is 32.2. The largest absolute Gasteiger partial charge is 0.504 e. The number of aromatic hydroxyl groups is 4.